The number of rotatable bonds is 9. The predicted molar refractivity (Wildman–Crippen MR) is 143 cm³/mol. The molecule has 2 aromatic carbocycles. The molecule has 0 unspecified atom stereocenters. The number of likely N-dealkylation sites (N-methyl/N-ethyl adjacent to an activating group) is 1. The molecule has 38 heavy (non-hydrogen) atoms. The van der Waals surface area contributed by atoms with Crippen LogP contribution in [-0.4, -0.2) is 66.8 Å². The highest BCUT2D eigenvalue weighted by Crippen LogP contribution is 2.56. The smallest absolute Gasteiger partial charge is 0.313 e. The fourth-order valence-corrected chi connectivity index (χ4v) is 5.27. The average Bonchev–Trinajstić information content (AvgIpc) is 3.67. The van der Waals surface area contributed by atoms with Gasteiger partial charge in [-0.25, -0.2) is 10.5 Å². The zero-order valence-electron chi connectivity index (χ0n) is 21.9. The number of amides is 1. The molecule has 2 aliphatic rings. The maximum absolute atomic E-state index is 12.6. The number of nitrogens with one attached hydrogen (secondary N) is 1. The highest BCUT2D eigenvalue weighted by molar-refractivity contribution is 5.93. The van der Waals surface area contributed by atoms with Gasteiger partial charge in [0.2, 0.25) is 5.91 Å². The molecule has 0 bridgehead atoms. The van der Waals surface area contributed by atoms with Gasteiger partial charge in [0.1, 0.15) is 18.2 Å². The molecule has 2 fully saturated rings. The van der Waals surface area contributed by atoms with Crippen molar-refractivity contribution in [2.75, 3.05) is 44.7 Å². The summed E-state index contributed by atoms with van der Waals surface area (Å²) in [6, 6.07) is 17.8. The average molecular weight is 519 g/mol. The van der Waals surface area contributed by atoms with E-state index in [0.29, 0.717) is 25.2 Å². The molecule has 3 aromatic rings. The van der Waals surface area contributed by atoms with Crippen molar-refractivity contribution in [3.63, 3.8) is 0 Å². The van der Waals surface area contributed by atoms with Crippen LogP contribution >= 0.6 is 0 Å². The van der Waals surface area contributed by atoms with Crippen LogP contribution in [0.1, 0.15) is 24.5 Å². The molecule has 0 radical (unpaired) electrons. The standard InChI is InChI=1S/C29H34N4O5/c1-3-37-28(35)29(18-24(29)27(34)31-36)17-20-8-10-22(11-9-20)38-19-21-16-26(33-14-12-32(2)13-15-33)30-25-7-5-4-6-23(21)25/h4-11,16,24,36H,3,12-15,17-19H2,1-2H3,(H,31,34)/t24-,29+/m1/s1. The van der Waals surface area contributed by atoms with Gasteiger partial charge in [0.05, 0.1) is 23.5 Å². The van der Waals surface area contributed by atoms with Crippen molar-refractivity contribution in [1.29, 1.82) is 0 Å². The molecular weight excluding hydrogens is 484 g/mol. The number of carbonyl (C=O) groups is 2. The highest BCUT2D eigenvalue weighted by Gasteiger charge is 2.64. The number of benzene rings is 2. The van der Waals surface area contributed by atoms with Crippen LogP contribution in [0.3, 0.4) is 0 Å². The number of hydrogen-bond donors (Lipinski definition) is 2. The van der Waals surface area contributed by atoms with Gasteiger partial charge >= 0.3 is 5.97 Å². The lowest BCUT2D eigenvalue weighted by molar-refractivity contribution is -0.152. The topological polar surface area (TPSA) is 104 Å². The molecule has 1 amide bonds. The molecule has 1 aromatic heterocycles. The van der Waals surface area contributed by atoms with Crippen LogP contribution < -0.4 is 15.1 Å². The Balaban J connectivity index is 1.29. The molecule has 1 aliphatic heterocycles. The predicted octanol–water partition coefficient (Wildman–Crippen LogP) is 3.18. The van der Waals surface area contributed by atoms with Crippen LogP contribution in [0.5, 0.6) is 5.75 Å². The zero-order chi connectivity index (χ0) is 26.7. The molecule has 9 heteroatoms. The van der Waals surface area contributed by atoms with Gasteiger partial charge in [-0.1, -0.05) is 30.3 Å². The second-order valence-corrected chi connectivity index (χ2v) is 10.2. The van der Waals surface area contributed by atoms with E-state index in [0.717, 1.165) is 54.0 Å². The maximum Gasteiger partial charge on any atom is 0.313 e. The summed E-state index contributed by atoms with van der Waals surface area (Å²) in [5.41, 5.74) is 3.65. The number of para-hydroxylation sites is 1. The number of aromatic nitrogens is 1. The zero-order valence-corrected chi connectivity index (χ0v) is 21.9. The van der Waals surface area contributed by atoms with Crippen LogP contribution in [0.4, 0.5) is 5.82 Å². The second-order valence-electron chi connectivity index (χ2n) is 10.2. The molecule has 2 atom stereocenters. The summed E-state index contributed by atoms with van der Waals surface area (Å²) in [4.78, 5) is 34.2. The molecule has 1 saturated carbocycles. The van der Waals surface area contributed by atoms with E-state index in [1.165, 1.54) is 0 Å². The molecule has 2 heterocycles. The molecule has 0 spiro atoms. The van der Waals surface area contributed by atoms with Crippen molar-refractivity contribution in [1.82, 2.24) is 15.4 Å². The van der Waals surface area contributed by atoms with E-state index in [1.807, 2.05) is 42.5 Å². The van der Waals surface area contributed by atoms with Crippen molar-refractivity contribution in [3.05, 3.63) is 65.7 Å². The van der Waals surface area contributed by atoms with Crippen LogP contribution in [0.2, 0.25) is 0 Å². The van der Waals surface area contributed by atoms with Crippen molar-refractivity contribution in [2.24, 2.45) is 11.3 Å². The quantitative estimate of drug-likeness (QED) is 0.253. The van der Waals surface area contributed by atoms with Gasteiger partial charge < -0.3 is 19.3 Å². The number of pyridine rings is 1. The normalized spacial score (nSPS) is 21.2. The van der Waals surface area contributed by atoms with E-state index in [1.54, 1.807) is 12.4 Å². The highest BCUT2D eigenvalue weighted by atomic mass is 16.5. The van der Waals surface area contributed by atoms with E-state index in [4.69, 9.17) is 19.7 Å². The van der Waals surface area contributed by atoms with Crippen LogP contribution in [0.15, 0.2) is 54.6 Å². The first-order valence-corrected chi connectivity index (χ1v) is 13.1. The minimum atomic E-state index is -0.944. The number of carbonyl (C=O) groups excluding carboxylic acids is 2. The molecule has 5 rings (SSSR count). The lowest BCUT2D eigenvalue weighted by Crippen LogP contribution is -2.44. The molecule has 1 aliphatic carbocycles. The van der Waals surface area contributed by atoms with Crippen LogP contribution in [-0.2, 0) is 27.4 Å². The molecule has 9 nitrogen and oxygen atoms in total. The van der Waals surface area contributed by atoms with Crippen LogP contribution in [0, 0.1) is 11.3 Å². The number of hydrogen-bond acceptors (Lipinski definition) is 8. The van der Waals surface area contributed by atoms with Gasteiger partial charge in [0, 0.05) is 37.1 Å². The lowest BCUT2D eigenvalue weighted by atomic mass is 9.93. The van der Waals surface area contributed by atoms with Crippen molar-refractivity contribution in [3.8, 4) is 5.75 Å². The van der Waals surface area contributed by atoms with E-state index in [-0.39, 0.29) is 6.61 Å². The third kappa shape index (κ3) is 5.30. The summed E-state index contributed by atoms with van der Waals surface area (Å²) in [6.45, 7) is 6.28. The summed E-state index contributed by atoms with van der Waals surface area (Å²) in [7, 11) is 2.14. The Labute approximate surface area is 222 Å². The summed E-state index contributed by atoms with van der Waals surface area (Å²) >= 11 is 0. The summed E-state index contributed by atoms with van der Waals surface area (Å²) in [5, 5.41) is 10.1. The van der Waals surface area contributed by atoms with Gasteiger partial charge in [0.15, 0.2) is 0 Å². The maximum atomic E-state index is 12.6. The van der Waals surface area contributed by atoms with Gasteiger partial charge in [0.25, 0.3) is 0 Å². The first-order chi connectivity index (χ1) is 18.4. The SMILES string of the molecule is CCOC(=O)[C@@]1(Cc2ccc(OCc3cc(N4CCN(C)CC4)nc4ccccc34)cc2)C[C@@H]1C(=O)NO. The minimum absolute atomic E-state index is 0.237. The number of anilines is 1. The van der Waals surface area contributed by atoms with E-state index < -0.39 is 23.2 Å². The number of fused-ring (bicyclic) bond motifs is 1. The van der Waals surface area contributed by atoms with Crippen molar-refractivity contribution < 1.29 is 24.3 Å². The number of piperazine rings is 1. The first-order valence-electron chi connectivity index (χ1n) is 13.1. The first kappa shape index (κ1) is 25.9. The monoisotopic (exact) mass is 518 g/mol. The van der Waals surface area contributed by atoms with E-state index >= 15 is 0 Å². The lowest BCUT2D eigenvalue weighted by Gasteiger charge is -2.33. The number of ether oxygens (including phenoxy) is 2. The van der Waals surface area contributed by atoms with E-state index in [2.05, 4.69) is 29.0 Å². The Morgan fingerprint density at radius 1 is 1.11 bits per heavy atom. The Bertz CT molecular complexity index is 1310. The number of esters is 1. The molecule has 200 valence electrons. The van der Waals surface area contributed by atoms with Gasteiger partial charge in [-0.15, -0.1) is 0 Å². The van der Waals surface area contributed by atoms with Gasteiger partial charge in [-0.05, 0) is 56.6 Å². The van der Waals surface area contributed by atoms with Gasteiger partial charge in [-0.3, -0.25) is 14.8 Å². The molecular formula is C29H34N4O5. The molecule has 1 saturated heterocycles. The number of hydroxylamine groups is 1. The fourth-order valence-electron chi connectivity index (χ4n) is 5.27. The Hall–Kier alpha value is -3.69. The Morgan fingerprint density at radius 3 is 2.55 bits per heavy atom. The van der Waals surface area contributed by atoms with E-state index in [9.17, 15) is 9.59 Å². The third-order valence-electron chi connectivity index (χ3n) is 7.64. The third-order valence-corrected chi connectivity index (χ3v) is 7.64. The second kappa shape index (κ2) is 11.0. The van der Waals surface area contributed by atoms with Crippen LogP contribution in [0.25, 0.3) is 10.9 Å². The summed E-state index contributed by atoms with van der Waals surface area (Å²) < 4.78 is 11.4. The largest absolute Gasteiger partial charge is 0.489 e. The van der Waals surface area contributed by atoms with Crippen molar-refractivity contribution in [2.45, 2.75) is 26.4 Å². The fraction of sp³-hybridized carbons (Fsp3) is 0.414. The summed E-state index contributed by atoms with van der Waals surface area (Å²) in [6.07, 6.45) is 0.703. The minimum Gasteiger partial charge on any atom is -0.489 e. The Kier molecular flexibility index (Phi) is 7.49. The van der Waals surface area contributed by atoms with Gasteiger partial charge in [-0.2, -0.15) is 0 Å². The summed E-state index contributed by atoms with van der Waals surface area (Å²) in [5.74, 6) is 0.118. The van der Waals surface area contributed by atoms with Crippen molar-refractivity contribution >= 4 is 28.6 Å². The molecule has 2 N–H and O–H groups in total. The number of nitrogens with zero attached hydrogens (tertiary/aromatic N) is 3. The Morgan fingerprint density at radius 2 is 1.84 bits per heavy atom.